The molecule has 3 rings (SSSR count). The van der Waals surface area contributed by atoms with E-state index >= 15 is 0 Å². The van der Waals surface area contributed by atoms with Gasteiger partial charge < -0.3 is 15.8 Å². The summed E-state index contributed by atoms with van der Waals surface area (Å²) in [5.41, 5.74) is 10.8. The van der Waals surface area contributed by atoms with Gasteiger partial charge in [-0.1, -0.05) is 12.1 Å². The smallest absolute Gasteiger partial charge is 0.218 e. The van der Waals surface area contributed by atoms with Crippen LogP contribution < -0.4 is 15.8 Å². The molecule has 23 heavy (non-hydrogen) atoms. The summed E-state index contributed by atoms with van der Waals surface area (Å²) in [5.74, 6) is 1.01. The van der Waals surface area contributed by atoms with Gasteiger partial charge in [0.2, 0.25) is 5.88 Å². The number of aryl methyl sites for hydroxylation is 2. The van der Waals surface area contributed by atoms with E-state index in [1.807, 2.05) is 19.1 Å². The summed E-state index contributed by atoms with van der Waals surface area (Å²) in [6.45, 7) is 2.95. The van der Waals surface area contributed by atoms with Crippen LogP contribution >= 0.6 is 0 Å². The van der Waals surface area contributed by atoms with Gasteiger partial charge in [0.15, 0.2) is 5.96 Å². The second-order valence-electron chi connectivity index (χ2n) is 5.56. The van der Waals surface area contributed by atoms with Gasteiger partial charge in [0, 0.05) is 17.4 Å². The van der Waals surface area contributed by atoms with Crippen molar-refractivity contribution < 1.29 is 4.74 Å². The number of benzene rings is 1. The van der Waals surface area contributed by atoms with Crippen molar-refractivity contribution in [1.82, 2.24) is 4.98 Å². The van der Waals surface area contributed by atoms with Crippen LogP contribution in [0.15, 0.2) is 41.5 Å². The molecule has 2 aromatic rings. The highest BCUT2D eigenvalue weighted by Gasteiger charge is 2.11. The molecule has 0 spiro atoms. The molecule has 1 aliphatic rings. The van der Waals surface area contributed by atoms with Crippen LogP contribution in [0.2, 0.25) is 0 Å². The van der Waals surface area contributed by atoms with Gasteiger partial charge in [-0.2, -0.15) is 0 Å². The van der Waals surface area contributed by atoms with E-state index in [1.54, 1.807) is 6.20 Å². The molecule has 1 aromatic carbocycles. The highest BCUT2D eigenvalue weighted by molar-refractivity contribution is 5.92. The fraction of sp³-hybridized carbons (Fsp3) is 0.333. The molecule has 120 valence electrons. The lowest BCUT2D eigenvalue weighted by Crippen LogP contribution is -2.22. The third-order valence-electron chi connectivity index (χ3n) is 3.92. The van der Waals surface area contributed by atoms with E-state index in [0.717, 1.165) is 17.7 Å². The molecule has 0 saturated carbocycles. The number of hydrogen-bond acceptors (Lipinski definition) is 3. The van der Waals surface area contributed by atoms with Gasteiger partial charge in [-0.3, -0.25) is 0 Å². The second-order valence-corrected chi connectivity index (χ2v) is 5.56. The van der Waals surface area contributed by atoms with E-state index in [-0.39, 0.29) is 0 Å². The largest absolute Gasteiger partial charge is 0.478 e. The summed E-state index contributed by atoms with van der Waals surface area (Å²) in [5, 5.41) is 3.16. The van der Waals surface area contributed by atoms with Crippen molar-refractivity contribution >= 4 is 11.6 Å². The summed E-state index contributed by atoms with van der Waals surface area (Å²) in [6, 6.07) is 10.2. The monoisotopic (exact) mass is 310 g/mol. The molecule has 3 N–H and O–H groups in total. The molecule has 0 saturated heterocycles. The Balaban J connectivity index is 1.66. The molecule has 1 aliphatic carbocycles. The van der Waals surface area contributed by atoms with Crippen LogP contribution in [0.4, 0.5) is 5.69 Å². The number of nitrogens with two attached hydrogens (primary N) is 1. The fourth-order valence-corrected chi connectivity index (χ4v) is 2.82. The zero-order valence-electron chi connectivity index (χ0n) is 13.4. The lowest BCUT2D eigenvalue weighted by atomic mass is 10.1. The van der Waals surface area contributed by atoms with Crippen molar-refractivity contribution in [2.45, 2.75) is 32.7 Å². The summed E-state index contributed by atoms with van der Waals surface area (Å²) in [6.07, 6.45) is 5.28. The second kappa shape index (κ2) is 7.13. The standard InChI is InChI=1S/C18H22N4O/c1-2-23-17-15(7-4-10-20-17)12-21-18(19)22-16-9-8-13-5-3-6-14(13)11-16/h4,7-11H,2-3,5-6,12H2,1H3,(H3,19,21,22). The summed E-state index contributed by atoms with van der Waals surface area (Å²) in [4.78, 5) is 8.61. The van der Waals surface area contributed by atoms with Gasteiger partial charge in [0.25, 0.3) is 0 Å². The van der Waals surface area contributed by atoms with E-state index in [9.17, 15) is 0 Å². The Kier molecular flexibility index (Phi) is 4.76. The predicted octanol–water partition coefficient (Wildman–Crippen LogP) is 2.90. The van der Waals surface area contributed by atoms with Crippen molar-refractivity contribution in [2.24, 2.45) is 10.7 Å². The van der Waals surface area contributed by atoms with Crippen molar-refractivity contribution in [2.75, 3.05) is 11.9 Å². The normalized spacial score (nSPS) is 13.7. The van der Waals surface area contributed by atoms with E-state index in [1.165, 1.54) is 24.0 Å². The maximum atomic E-state index is 6.00. The van der Waals surface area contributed by atoms with Crippen LogP contribution in [0.1, 0.15) is 30.0 Å². The molecule has 0 unspecified atom stereocenters. The minimum Gasteiger partial charge on any atom is -0.478 e. The molecule has 0 amide bonds. The number of ether oxygens (including phenoxy) is 1. The van der Waals surface area contributed by atoms with Gasteiger partial charge in [0.05, 0.1) is 13.2 Å². The molecule has 1 heterocycles. The Morgan fingerprint density at radius 2 is 2.17 bits per heavy atom. The zero-order chi connectivity index (χ0) is 16.1. The van der Waals surface area contributed by atoms with Crippen LogP contribution in [0.25, 0.3) is 0 Å². The van der Waals surface area contributed by atoms with E-state index in [2.05, 4.69) is 33.5 Å². The molecule has 1 aromatic heterocycles. The lowest BCUT2D eigenvalue weighted by Gasteiger charge is -2.09. The molecule has 0 aliphatic heterocycles. The van der Waals surface area contributed by atoms with Crippen LogP contribution in [0.3, 0.4) is 0 Å². The minimum absolute atomic E-state index is 0.397. The Morgan fingerprint density at radius 1 is 1.30 bits per heavy atom. The van der Waals surface area contributed by atoms with Gasteiger partial charge in [0.1, 0.15) is 0 Å². The first-order valence-electron chi connectivity index (χ1n) is 8.01. The van der Waals surface area contributed by atoms with Gasteiger partial charge in [-0.25, -0.2) is 9.98 Å². The Morgan fingerprint density at radius 3 is 3.04 bits per heavy atom. The Bertz CT molecular complexity index is 712. The van der Waals surface area contributed by atoms with Crippen molar-refractivity contribution in [3.05, 3.63) is 53.2 Å². The number of rotatable bonds is 5. The highest BCUT2D eigenvalue weighted by atomic mass is 16.5. The molecule has 0 bridgehead atoms. The Labute approximate surface area is 136 Å². The number of fused-ring (bicyclic) bond motifs is 1. The predicted molar refractivity (Wildman–Crippen MR) is 92.8 cm³/mol. The third-order valence-corrected chi connectivity index (χ3v) is 3.92. The zero-order valence-corrected chi connectivity index (χ0v) is 13.4. The molecule has 5 nitrogen and oxygen atoms in total. The lowest BCUT2D eigenvalue weighted by molar-refractivity contribution is 0.323. The first-order chi connectivity index (χ1) is 11.3. The van der Waals surface area contributed by atoms with E-state index in [0.29, 0.717) is 25.0 Å². The van der Waals surface area contributed by atoms with E-state index in [4.69, 9.17) is 10.5 Å². The molecule has 0 radical (unpaired) electrons. The molecule has 0 atom stereocenters. The number of aliphatic imine (C=N–C) groups is 1. The van der Waals surface area contributed by atoms with Crippen LogP contribution in [-0.4, -0.2) is 17.6 Å². The van der Waals surface area contributed by atoms with E-state index < -0.39 is 0 Å². The first kappa shape index (κ1) is 15.3. The minimum atomic E-state index is 0.397. The van der Waals surface area contributed by atoms with Gasteiger partial charge >= 0.3 is 0 Å². The highest BCUT2D eigenvalue weighted by Crippen LogP contribution is 2.24. The quantitative estimate of drug-likeness (QED) is 0.658. The average molecular weight is 310 g/mol. The maximum absolute atomic E-state index is 6.00. The van der Waals surface area contributed by atoms with Gasteiger partial charge in [-0.15, -0.1) is 0 Å². The van der Waals surface area contributed by atoms with Crippen molar-refractivity contribution in [3.8, 4) is 5.88 Å². The molecular formula is C18H22N4O. The first-order valence-corrected chi connectivity index (χ1v) is 8.01. The van der Waals surface area contributed by atoms with Crippen molar-refractivity contribution in [3.63, 3.8) is 0 Å². The number of aromatic nitrogens is 1. The van der Waals surface area contributed by atoms with Gasteiger partial charge in [-0.05, 0) is 55.5 Å². The number of nitrogens with zero attached hydrogens (tertiary/aromatic N) is 2. The number of pyridine rings is 1. The van der Waals surface area contributed by atoms with Crippen LogP contribution in [0.5, 0.6) is 5.88 Å². The average Bonchev–Trinajstić information content (AvgIpc) is 3.02. The molecule has 5 heteroatoms. The summed E-state index contributed by atoms with van der Waals surface area (Å²) < 4.78 is 5.50. The van der Waals surface area contributed by atoms with Crippen molar-refractivity contribution in [1.29, 1.82) is 0 Å². The SMILES string of the molecule is CCOc1ncccc1CN=C(N)Nc1ccc2c(c1)CCC2. The fourth-order valence-electron chi connectivity index (χ4n) is 2.82. The Hall–Kier alpha value is -2.56. The molecule has 0 fully saturated rings. The number of anilines is 1. The number of hydrogen-bond donors (Lipinski definition) is 2. The topological polar surface area (TPSA) is 72.5 Å². The third kappa shape index (κ3) is 3.80. The number of nitrogens with one attached hydrogen (secondary N) is 1. The molecular weight excluding hydrogens is 288 g/mol. The maximum Gasteiger partial charge on any atom is 0.218 e. The van der Waals surface area contributed by atoms with Crippen LogP contribution in [0, 0.1) is 0 Å². The summed E-state index contributed by atoms with van der Waals surface area (Å²) >= 11 is 0. The number of guanidine groups is 1. The van der Waals surface area contributed by atoms with Crippen LogP contribution in [-0.2, 0) is 19.4 Å². The summed E-state index contributed by atoms with van der Waals surface area (Å²) in [7, 11) is 0.